The molecular weight excluding hydrogens is 255 g/mol. The van der Waals surface area contributed by atoms with E-state index in [1.807, 2.05) is 28.7 Å². The summed E-state index contributed by atoms with van der Waals surface area (Å²) in [6, 6.07) is 3.69. The Morgan fingerprint density at radius 3 is 2.91 bits per heavy atom. The predicted molar refractivity (Wildman–Crippen MR) is 47.6 cm³/mol. The maximum Gasteiger partial charge on any atom is 0.153 e. The van der Waals surface area contributed by atoms with E-state index >= 15 is 0 Å². The minimum Gasteiger partial charge on any atom is -0.392 e. The summed E-state index contributed by atoms with van der Waals surface area (Å²) < 4.78 is 0.775. The molecule has 0 aliphatic heterocycles. The third-order valence-electron chi connectivity index (χ3n) is 1.19. The van der Waals surface area contributed by atoms with Crippen LogP contribution in [0.3, 0.4) is 0 Å². The molecule has 0 aliphatic carbocycles. The van der Waals surface area contributed by atoms with Gasteiger partial charge >= 0.3 is 0 Å². The Kier molecular flexibility index (Phi) is 2.79. The number of hydrogen-bond acceptors (Lipinski definition) is 3. The molecule has 0 saturated carbocycles. The normalized spacial score (nSPS) is 9.18. The van der Waals surface area contributed by atoms with Crippen molar-refractivity contribution < 1.29 is 5.11 Å². The highest BCUT2D eigenvalue weighted by Crippen LogP contribution is 2.10. The first-order chi connectivity index (χ1) is 5.27. The van der Waals surface area contributed by atoms with Crippen LogP contribution >= 0.6 is 22.6 Å². The van der Waals surface area contributed by atoms with Gasteiger partial charge in [0.2, 0.25) is 0 Å². The van der Waals surface area contributed by atoms with Gasteiger partial charge in [-0.05, 0) is 34.2 Å². The molecule has 0 aromatic carbocycles. The average molecular weight is 260 g/mol. The van der Waals surface area contributed by atoms with E-state index in [0.29, 0.717) is 5.69 Å². The van der Waals surface area contributed by atoms with Crippen LogP contribution in [0.25, 0.3) is 0 Å². The highest BCUT2D eigenvalue weighted by atomic mass is 127. The lowest BCUT2D eigenvalue weighted by Crippen LogP contribution is -1.91. The van der Waals surface area contributed by atoms with Crippen LogP contribution in [-0.2, 0) is 6.61 Å². The first-order valence-corrected chi connectivity index (χ1v) is 4.01. The first kappa shape index (κ1) is 8.43. The van der Waals surface area contributed by atoms with Crippen LogP contribution in [0.4, 0.5) is 0 Å². The SMILES string of the molecule is N#Cc1ncc(CO)cc1I. The Morgan fingerprint density at radius 2 is 2.45 bits per heavy atom. The van der Waals surface area contributed by atoms with Crippen molar-refractivity contribution in [1.29, 1.82) is 5.26 Å². The van der Waals surface area contributed by atoms with Crippen molar-refractivity contribution in [1.82, 2.24) is 4.98 Å². The van der Waals surface area contributed by atoms with Crippen molar-refractivity contribution >= 4 is 22.6 Å². The summed E-state index contributed by atoms with van der Waals surface area (Å²) >= 11 is 2.01. The van der Waals surface area contributed by atoms with Gasteiger partial charge in [0.25, 0.3) is 0 Å². The maximum atomic E-state index is 8.70. The molecule has 0 radical (unpaired) electrons. The smallest absolute Gasteiger partial charge is 0.153 e. The van der Waals surface area contributed by atoms with E-state index < -0.39 is 0 Å². The van der Waals surface area contributed by atoms with E-state index in [9.17, 15) is 0 Å². The van der Waals surface area contributed by atoms with Crippen LogP contribution in [0.5, 0.6) is 0 Å². The van der Waals surface area contributed by atoms with Crippen molar-refractivity contribution in [3.8, 4) is 6.07 Å². The van der Waals surface area contributed by atoms with Crippen LogP contribution < -0.4 is 0 Å². The Labute approximate surface area is 77.8 Å². The third-order valence-corrected chi connectivity index (χ3v) is 2.01. The first-order valence-electron chi connectivity index (χ1n) is 2.93. The van der Waals surface area contributed by atoms with Crippen molar-refractivity contribution in [3.05, 3.63) is 27.1 Å². The Balaban J connectivity index is 3.12. The highest BCUT2D eigenvalue weighted by Gasteiger charge is 1.99. The summed E-state index contributed by atoms with van der Waals surface area (Å²) in [5.41, 5.74) is 1.14. The van der Waals surface area contributed by atoms with Crippen LogP contribution in [-0.4, -0.2) is 10.1 Å². The number of aliphatic hydroxyl groups excluding tert-OH is 1. The highest BCUT2D eigenvalue weighted by molar-refractivity contribution is 14.1. The Morgan fingerprint density at radius 1 is 1.73 bits per heavy atom. The van der Waals surface area contributed by atoms with Crippen molar-refractivity contribution in [2.24, 2.45) is 0 Å². The van der Waals surface area contributed by atoms with Gasteiger partial charge in [-0.2, -0.15) is 5.26 Å². The van der Waals surface area contributed by atoms with Crippen LogP contribution in [0.2, 0.25) is 0 Å². The number of nitrogens with zero attached hydrogens (tertiary/aromatic N) is 2. The van der Waals surface area contributed by atoms with E-state index in [-0.39, 0.29) is 6.61 Å². The monoisotopic (exact) mass is 260 g/mol. The molecule has 0 unspecified atom stereocenters. The standard InChI is InChI=1S/C7H5IN2O/c8-6-1-5(4-11)3-10-7(6)2-9/h1,3,11H,4H2. The van der Waals surface area contributed by atoms with Crippen molar-refractivity contribution in [3.63, 3.8) is 0 Å². The summed E-state index contributed by atoms with van der Waals surface area (Å²) in [4.78, 5) is 3.84. The molecule has 56 valence electrons. The number of aliphatic hydroxyl groups is 1. The lowest BCUT2D eigenvalue weighted by atomic mass is 10.3. The molecule has 11 heavy (non-hydrogen) atoms. The lowest BCUT2D eigenvalue weighted by molar-refractivity contribution is 0.281. The van der Waals surface area contributed by atoms with Gasteiger partial charge in [0.05, 0.1) is 6.61 Å². The molecule has 1 heterocycles. The molecule has 1 rings (SSSR count). The van der Waals surface area contributed by atoms with Crippen LogP contribution in [0.15, 0.2) is 12.3 Å². The summed E-state index contributed by atoms with van der Waals surface area (Å²) in [5, 5.41) is 17.2. The second kappa shape index (κ2) is 3.64. The topological polar surface area (TPSA) is 56.9 Å². The Hall–Kier alpha value is -0.670. The number of pyridine rings is 1. The molecule has 1 aromatic heterocycles. The summed E-state index contributed by atoms with van der Waals surface area (Å²) in [7, 11) is 0. The maximum absolute atomic E-state index is 8.70. The van der Waals surface area contributed by atoms with Gasteiger partial charge in [-0.25, -0.2) is 4.98 Å². The second-order valence-corrected chi connectivity index (χ2v) is 3.11. The predicted octanol–water partition coefficient (Wildman–Crippen LogP) is 1.05. The molecule has 4 heteroatoms. The van der Waals surface area contributed by atoms with Gasteiger partial charge in [-0.1, -0.05) is 0 Å². The zero-order chi connectivity index (χ0) is 8.27. The fourth-order valence-corrected chi connectivity index (χ4v) is 1.31. The summed E-state index contributed by atoms with van der Waals surface area (Å²) in [6.07, 6.45) is 1.50. The molecule has 1 aromatic rings. The van der Waals surface area contributed by atoms with Crippen molar-refractivity contribution in [2.75, 3.05) is 0 Å². The quantitative estimate of drug-likeness (QED) is 0.768. The fourth-order valence-electron chi connectivity index (χ4n) is 0.646. The summed E-state index contributed by atoms with van der Waals surface area (Å²) in [6.45, 7) is -0.0330. The zero-order valence-electron chi connectivity index (χ0n) is 5.58. The van der Waals surface area contributed by atoms with E-state index in [1.54, 1.807) is 6.07 Å². The molecule has 0 aliphatic rings. The second-order valence-electron chi connectivity index (χ2n) is 1.94. The number of rotatable bonds is 1. The van der Waals surface area contributed by atoms with Gasteiger partial charge < -0.3 is 5.11 Å². The average Bonchev–Trinajstić information content (AvgIpc) is 2.04. The van der Waals surface area contributed by atoms with Gasteiger partial charge in [-0.15, -0.1) is 0 Å². The minimum absolute atomic E-state index is 0.0330. The largest absolute Gasteiger partial charge is 0.392 e. The minimum atomic E-state index is -0.0330. The van der Waals surface area contributed by atoms with E-state index in [2.05, 4.69) is 4.98 Å². The molecular formula is C7H5IN2O. The van der Waals surface area contributed by atoms with Gasteiger partial charge in [0.15, 0.2) is 5.69 Å². The van der Waals surface area contributed by atoms with Gasteiger partial charge in [-0.3, -0.25) is 0 Å². The molecule has 0 spiro atoms. The number of nitriles is 1. The zero-order valence-corrected chi connectivity index (χ0v) is 7.74. The molecule has 3 nitrogen and oxygen atoms in total. The molecule has 0 fully saturated rings. The van der Waals surface area contributed by atoms with Gasteiger partial charge in [0.1, 0.15) is 6.07 Å². The van der Waals surface area contributed by atoms with Crippen LogP contribution in [0.1, 0.15) is 11.3 Å². The molecule has 0 atom stereocenters. The van der Waals surface area contributed by atoms with E-state index in [4.69, 9.17) is 10.4 Å². The van der Waals surface area contributed by atoms with Gasteiger partial charge in [0, 0.05) is 9.77 Å². The molecule has 1 N–H and O–H groups in total. The molecule has 0 bridgehead atoms. The van der Waals surface area contributed by atoms with Crippen LogP contribution in [0, 0.1) is 14.9 Å². The third kappa shape index (κ3) is 1.88. The number of hydrogen-bond donors (Lipinski definition) is 1. The lowest BCUT2D eigenvalue weighted by Gasteiger charge is -1.96. The summed E-state index contributed by atoms with van der Waals surface area (Å²) in [5.74, 6) is 0. The number of aromatic nitrogens is 1. The van der Waals surface area contributed by atoms with Crippen molar-refractivity contribution in [2.45, 2.75) is 6.61 Å². The fraction of sp³-hybridized carbons (Fsp3) is 0.143. The van der Waals surface area contributed by atoms with E-state index in [0.717, 1.165) is 9.13 Å². The molecule has 0 saturated heterocycles. The van der Waals surface area contributed by atoms with E-state index in [1.165, 1.54) is 6.20 Å². The Bertz CT molecular complexity index is 306. The molecule has 0 amide bonds. The number of halogens is 1.